The first-order valence-electron chi connectivity index (χ1n) is 11.8. The molecule has 198 valence electrons. The molecule has 11 nitrogen and oxygen atoms in total. The van der Waals surface area contributed by atoms with E-state index in [4.69, 9.17) is 19.0 Å². The van der Waals surface area contributed by atoms with Crippen molar-refractivity contribution in [3.8, 4) is 11.3 Å². The molecule has 0 aliphatic rings. The van der Waals surface area contributed by atoms with Crippen LogP contribution >= 0.6 is 8.60 Å². The van der Waals surface area contributed by atoms with Gasteiger partial charge in [0.1, 0.15) is 5.76 Å². The van der Waals surface area contributed by atoms with Crippen LogP contribution in [0.1, 0.15) is 56.5 Å². The van der Waals surface area contributed by atoms with Crippen LogP contribution in [0.25, 0.3) is 11.3 Å². The standard InChI is InChI=1S/C24H34N3O8P/c1-3-5-7-12-19(20(4-2)27(16-28)33-17-34-36(31)32)23(29)25-15-26-24(30)22-14-13-21(35-22)18-10-8-6-9-11-18/h6,8-11,13-14,16,19-20,31-32H,3-5,7,12,15,17H2,1-2H3,(H,25,29)(H,26,30). The van der Waals surface area contributed by atoms with Crippen LogP contribution in [0.5, 0.6) is 0 Å². The number of benzene rings is 1. The Bertz CT molecular complexity index is 940. The second-order valence-electron chi connectivity index (χ2n) is 7.93. The summed E-state index contributed by atoms with van der Waals surface area (Å²) < 4.78 is 10.2. The van der Waals surface area contributed by atoms with Gasteiger partial charge in [-0.2, -0.15) is 0 Å². The number of carbonyl (C=O) groups excluding carboxylic acids is 3. The monoisotopic (exact) mass is 523 g/mol. The van der Waals surface area contributed by atoms with Gasteiger partial charge in [0.2, 0.25) is 12.3 Å². The number of carbonyl (C=O) groups is 3. The summed E-state index contributed by atoms with van der Waals surface area (Å²) in [7, 11) is -2.64. The van der Waals surface area contributed by atoms with Gasteiger partial charge in [-0.25, -0.2) is 9.90 Å². The highest BCUT2D eigenvalue weighted by Crippen LogP contribution is 2.26. The molecule has 36 heavy (non-hydrogen) atoms. The first kappa shape index (κ1) is 29.4. The Balaban J connectivity index is 1.98. The van der Waals surface area contributed by atoms with Crippen molar-refractivity contribution in [1.29, 1.82) is 0 Å². The van der Waals surface area contributed by atoms with Crippen LogP contribution in [0.15, 0.2) is 46.9 Å². The second kappa shape index (κ2) is 16.0. The van der Waals surface area contributed by atoms with Gasteiger partial charge in [-0.3, -0.25) is 18.9 Å². The van der Waals surface area contributed by atoms with Crippen LogP contribution in [-0.4, -0.2) is 52.6 Å². The molecule has 2 rings (SSSR count). The smallest absolute Gasteiger partial charge is 0.329 e. The van der Waals surface area contributed by atoms with Crippen LogP contribution in [0, 0.1) is 5.92 Å². The Morgan fingerprint density at radius 3 is 2.50 bits per heavy atom. The average molecular weight is 524 g/mol. The molecule has 2 aromatic rings. The molecule has 0 aliphatic heterocycles. The summed E-state index contributed by atoms with van der Waals surface area (Å²) in [6.07, 6.45) is 3.94. The molecule has 3 amide bonds. The van der Waals surface area contributed by atoms with Gasteiger partial charge in [-0.1, -0.05) is 63.4 Å². The van der Waals surface area contributed by atoms with E-state index in [1.54, 1.807) is 19.1 Å². The van der Waals surface area contributed by atoms with Crippen LogP contribution in [-0.2, 0) is 19.0 Å². The van der Waals surface area contributed by atoms with Gasteiger partial charge < -0.3 is 24.8 Å². The van der Waals surface area contributed by atoms with E-state index in [9.17, 15) is 14.4 Å². The minimum absolute atomic E-state index is 0.113. The van der Waals surface area contributed by atoms with Gasteiger partial charge >= 0.3 is 8.60 Å². The third-order valence-corrected chi connectivity index (χ3v) is 5.87. The largest absolute Gasteiger partial charge is 0.451 e. The minimum Gasteiger partial charge on any atom is -0.451 e. The lowest BCUT2D eigenvalue weighted by atomic mass is 9.90. The molecule has 12 heteroatoms. The number of furan rings is 1. The van der Waals surface area contributed by atoms with Gasteiger partial charge in [0.25, 0.3) is 5.91 Å². The molecule has 1 heterocycles. The normalized spacial score (nSPS) is 12.7. The third-order valence-electron chi connectivity index (χ3n) is 5.54. The Kier molecular flexibility index (Phi) is 13.1. The number of hydroxylamine groups is 2. The number of hydrogen-bond donors (Lipinski definition) is 4. The predicted octanol–water partition coefficient (Wildman–Crippen LogP) is 3.30. The van der Waals surface area contributed by atoms with Crippen molar-refractivity contribution in [2.45, 2.75) is 52.0 Å². The number of nitrogens with one attached hydrogen (secondary N) is 2. The zero-order valence-corrected chi connectivity index (χ0v) is 21.4. The lowest BCUT2D eigenvalue weighted by Crippen LogP contribution is -2.48. The molecule has 0 radical (unpaired) electrons. The third kappa shape index (κ3) is 9.33. The van der Waals surface area contributed by atoms with Crippen molar-refractivity contribution >= 4 is 26.8 Å². The Morgan fingerprint density at radius 1 is 1.11 bits per heavy atom. The maximum atomic E-state index is 13.1. The van der Waals surface area contributed by atoms with Gasteiger partial charge in [0.05, 0.1) is 18.6 Å². The lowest BCUT2D eigenvalue weighted by Gasteiger charge is -2.32. The highest BCUT2D eigenvalue weighted by atomic mass is 31.2. The first-order valence-corrected chi connectivity index (χ1v) is 13.0. The fourth-order valence-electron chi connectivity index (χ4n) is 3.74. The number of unbranched alkanes of at least 4 members (excludes halogenated alkanes) is 2. The van der Waals surface area contributed by atoms with Crippen molar-refractivity contribution in [3.63, 3.8) is 0 Å². The molecular formula is C24H34N3O8P. The molecule has 0 bridgehead atoms. The summed E-state index contributed by atoms with van der Waals surface area (Å²) in [6, 6.07) is 12.0. The van der Waals surface area contributed by atoms with Crippen molar-refractivity contribution < 1.29 is 37.9 Å². The molecule has 2 unspecified atom stereocenters. The Hall–Kier alpha value is -2.82. The minimum atomic E-state index is -2.64. The molecule has 2 atom stereocenters. The maximum absolute atomic E-state index is 13.1. The number of rotatable bonds is 17. The van der Waals surface area contributed by atoms with E-state index in [1.165, 1.54) is 0 Å². The quantitative estimate of drug-likeness (QED) is 0.0811. The zero-order chi connectivity index (χ0) is 26.3. The van der Waals surface area contributed by atoms with E-state index in [0.29, 0.717) is 25.0 Å². The molecular weight excluding hydrogens is 489 g/mol. The lowest BCUT2D eigenvalue weighted by molar-refractivity contribution is -0.220. The molecule has 1 aromatic heterocycles. The maximum Gasteiger partial charge on any atom is 0.329 e. The summed E-state index contributed by atoms with van der Waals surface area (Å²) in [5.74, 6) is -0.791. The summed E-state index contributed by atoms with van der Waals surface area (Å²) in [6.45, 7) is 3.16. The van der Waals surface area contributed by atoms with Gasteiger partial charge in [-0.05, 0) is 25.0 Å². The van der Waals surface area contributed by atoms with Gasteiger partial charge in [0, 0.05) is 5.56 Å². The molecule has 0 spiro atoms. The Labute approximate surface area is 211 Å². The van der Waals surface area contributed by atoms with Crippen molar-refractivity contribution in [3.05, 3.63) is 48.2 Å². The van der Waals surface area contributed by atoms with Crippen LogP contribution in [0.4, 0.5) is 0 Å². The number of nitrogens with zero attached hydrogens (tertiary/aromatic N) is 1. The van der Waals surface area contributed by atoms with Gasteiger partial charge in [0.15, 0.2) is 12.6 Å². The summed E-state index contributed by atoms with van der Waals surface area (Å²) in [5.41, 5.74) is 0.840. The van der Waals surface area contributed by atoms with Crippen molar-refractivity contribution in [2.75, 3.05) is 13.5 Å². The summed E-state index contributed by atoms with van der Waals surface area (Å²) in [4.78, 5) is 60.1. The van der Waals surface area contributed by atoms with Crippen LogP contribution < -0.4 is 10.6 Å². The summed E-state index contributed by atoms with van der Waals surface area (Å²) >= 11 is 0. The van der Waals surface area contributed by atoms with Crippen molar-refractivity contribution in [1.82, 2.24) is 15.7 Å². The zero-order valence-electron chi connectivity index (χ0n) is 20.5. The van der Waals surface area contributed by atoms with E-state index in [2.05, 4.69) is 15.2 Å². The van der Waals surface area contributed by atoms with E-state index < -0.39 is 33.3 Å². The van der Waals surface area contributed by atoms with E-state index >= 15 is 0 Å². The fourth-order valence-corrected chi connectivity index (χ4v) is 3.88. The molecule has 0 fully saturated rings. The van der Waals surface area contributed by atoms with Crippen LogP contribution in [0.3, 0.4) is 0 Å². The highest BCUT2D eigenvalue weighted by Gasteiger charge is 2.32. The van der Waals surface area contributed by atoms with E-state index in [1.807, 2.05) is 37.3 Å². The number of hydrogen-bond acceptors (Lipinski definition) is 8. The average Bonchev–Trinajstić information content (AvgIpc) is 3.38. The first-order chi connectivity index (χ1) is 17.4. The van der Waals surface area contributed by atoms with E-state index in [0.717, 1.165) is 29.9 Å². The Morgan fingerprint density at radius 2 is 1.86 bits per heavy atom. The van der Waals surface area contributed by atoms with Crippen LogP contribution in [0.2, 0.25) is 0 Å². The highest BCUT2D eigenvalue weighted by molar-refractivity contribution is 7.39. The predicted molar refractivity (Wildman–Crippen MR) is 133 cm³/mol. The SMILES string of the molecule is CCCCCC(C(=O)NCNC(=O)c1ccc(-c2ccccc2)o1)C(CC)N(C=O)OCOP(O)O. The summed E-state index contributed by atoms with van der Waals surface area (Å²) in [5, 5.41) is 6.27. The van der Waals surface area contributed by atoms with Crippen molar-refractivity contribution in [2.24, 2.45) is 5.92 Å². The molecule has 0 saturated heterocycles. The van der Waals surface area contributed by atoms with Gasteiger partial charge in [-0.15, -0.1) is 0 Å². The topological polar surface area (TPSA) is 151 Å². The molecule has 4 N–H and O–H groups in total. The molecule has 0 aliphatic carbocycles. The second-order valence-corrected chi connectivity index (χ2v) is 8.69. The molecule has 1 aromatic carbocycles. The number of amides is 3. The fraction of sp³-hybridized carbons (Fsp3) is 0.458. The van der Waals surface area contributed by atoms with E-state index in [-0.39, 0.29) is 18.3 Å². The molecule has 0 saturated carbocycles.